The molecule has 96 valence electrons. The number of anilines is 1. The highest BCUT2D eigenvalue weighted by Crippen LogP contribution is 2.20. The average Bonchev–Trinajstić information content (AvgIpc) is 2.83. The number of hydrogen-bond acceptors (Lipinski definition) is 2. The predicted molar refractivity (Wildman–Crippen MR) is 74.6 cm³/mol. The number of fused-ring (bicyclic) bond motifs is 1. The summed E-state index contributed by atoms with van der Waals surface area (Å²) >= 11 is 0. The van der Waals surface area contributed by atoms with Crippen molar-refractivity contribution < 1.29 is 4.39 Å². The first-order valence-electron chi connectivity index (χ1n) is 6.15. The SMILES string of the molecule is Cc1ccc(F)c(NCc2c[nH]c3ncccc23)c1. The Morgan fingerprint density at radius 3 is 3.11 bits per heavy atom. The standard InChI is InChI=1S/C15H14FN3/c1-10-4-5-13(16)14(7-10)18-8-11-9-19-15-12(11)3-2-6-17-15/h2-7,9,18H,8H2,1H3,(H,17,19). The highest BCUT2D eigenvalue weighted by molar-refractivity contribution is 5.79. The van der Waals surface area contributed by atoms with E-state index in [9.17, 15) is 4.39 Å². The Hall–Kier alpha value is -2.36. The molecule has 0 bridgehead atoms. The van der Waals surface area contributed by atoms with Crippen LogP contribution in [-0.2, 0) is 6.54 Å². The van der Waals surface area contributed by atoms with Crippen LogP contribution < -0.4 is 5.32 Å². The molecule has 0 radical (unpaired) electrons. The summed E-state index contributed by atoms with van der Waals surface area (Å²) in [4.78, 5) is 7.34. The van der Waals surface area contributed by atoms with Crippen molar-refractivity contribution >= 4 is 16.7 Å². The Morgan fingerprint density at radius 1 is 1.32 bits per heavy atom. The highest BCUT2D eigenvalue weighted by Gasteiger charge is 2.05. The monoisotopic (exact) mass is 255 g/mol. The van der Waals surface area contributed by atoms with Gasteiger partial charge in [-0.3, -0.25) is 0 Å². The van der Waals surface area contributed by atoms with Crippen LogP contribution in [-0.4, -0.2) is 9.97 Å². The maximum atomic E-state index is 13.6. The molecule has 0 fully saturated rings. The number of halogens is 1. The zero-order valence-electron chi connectivity index (χ0n) is 10.6. The van der Waals surface area contributed by atoms with Gasteiger partial charge in [-0.25, -0.2) is 9.37 Å². The number of H-pyrrole nitrogens is 1. The maximum Gasteiger partial charge on any atom is 0.146 e. The lowest BCUT2D eigenvalue weighted by molar-refractivity contribution is 0.629. The highest BCUT2D eigenvalue weighted by atomic mass is 19.1. The van der Waals surface area contributed by atoms with E-state index in [0.29, 0.717) is 12.2 Å². The quantitative estimate of drug-likeness (QED) is 0.750. The lowest BCUT2D eigenvalue weighted by Crippen LogP contribution is -2.01. The van der Waals surface area contributed by atoms with Crippen LogP contribution in [0.15, 0.2) is 42.7 Å². The Balaban J connectivity index is 1.84. The van der Waals surface area contributed by atoms with Gasteiger partial charge >= 0.3 is 0 Å². The van der Waals surface area contributed by atoms with Gasteiger partial charge in [0.15, 0.2) is 0 Å². The van der Waals surface area contributed by atoms with E-state index in [1.165, 1.54) is 6.07 Å². The summed E-state index contributed by atoms with van der Waals surface area (Å²) in [5.74, 6) is -0.233. The molecule has 3 rings (SSSR count). The van der Waals surface area contributed by atoms with Crippen LogP contribution >= 0.6 is 0 Å². The fraction of sp³-hybridized carbons (Fsp3) is 0.133. The summed E-state index contributed by atoms with van der Waals surface area (Å²) in [6.45, 7) is 2.51. The topological polar surface area (TPSA) is 40.7 Å². The van der Waals surface area contributed by atoms with Crippen LogP contribution in [0.4, 0.5) is 10.1 Å². The lowest BCUT2D eigenvalue weighted by atomic mass is 10.2. The first kappa shape index (κ1) is 11.7. The van der Waals surface area contributed by atoms with Crippen molar-refractivity contribution in [1.29, 1.82) is 0 Å². The molecule has 19 heavy (non-hydrogen) atoms. The van der Waals surface area contributed by atoms with E-state index in [4.69, 9.17) is 0 Å². The fourth-order valence-corrected chi connectivity index (χ4v) is 2.12. The molecule has 0 saturated heterocycles. The van der Waals surface area contributed by atoms with E-state index >= 15 is 0 Å². The van der Waals surface area contributed by atoms with Gasteiger partial charge < -0.3 is 10.3 Å². The summed E-state index contributed by atoms with van der Waals surface area (Å²) in [6, 6.07) is 8.95. The average molecular weight is 255 g/mol. The second-order valence-electron chi connectivity index (χ2n) is 4.55. The largest absolute Gasteiger partial charge is 0.379 e. The van der Waals surface area contributed by atoms with Crippen molar-refractivity contribution in [3.8, 4) is 0 Å². The van der Waals surface area contributed by atoms with Crippen molar-refractivity contribution in [2.75, 3.05) is 5.32 Å². The van der Waals surface area contributed by atoms with Gasteiger partial charge in [-0.15, -0.1) is 0 Å². The predicted octanol–water partition coefficient (Wildman–Crippen LogP) is 3.62. The number of aromatic amines is 1. The molecule has 3 nitrogen and oxygen atoms in total. The zero-order valence-corrected chi connectivity index (χ0v) is 10.6. The molecule has 0 unspecified atom stereocenters. The van der Waals surface area contributed by atoms with Crippen molar-refractivity contribution in [2.45, 2.75) is 13.5 Å². The second-order valence-corrected chi connectivity index (χ2v) is 4.55. The number of nitrogens with one attached hydrogen (secondary N) is 2. The van der Waals surface area contributed by atoms with Crippen molar-refractivity contribution in [2.24, 2.45) is 0 Å². The molecule has 4 heteroatoms. The molecule has 2 heterocycles. The smallest absolute Gasteiger partial charge is 0.146 e. The third-order valence-corrected chi connectivity index (χ3v) is 3.13. The van der Waals surface area contributed by atoms with E-state index in [-0.39, 0.29) is 5.82 Å². The van der Waals surface area contributed by atoms with Crippen LogP contribution in [0.1, 0.15) is 11.1 Å². The van der Waals surface area contributed by atoms with Gasteiger partial charge in [0, 0.05) is 24.3 Å². The zero-order chi connectivity index (χ0) is 13.2. The number of benzene rings is 1. The molecule has 0 spiro atoms. The minimum absolute atomic E-state index is 0.233. The molecule has 2 N–H and O–H groups in total. The Kier molecular flexibility index (Phi) is 2.91. The molecule has 0 aliphatic carbocycles. The fourth-order valence-electron chi connectivity index (χ4n) is 2.12. The third-order valence-electron chi connectivity index (χ3n) is 3.13. The van der Waals surface area contributed by atoms with Crippen molar-refractivity contribution in [1.82, 2.24) is 9.97 Å². The summed E-state index contributed by atoms with van der Waals surface area (Å²) in [5, 5.41) is 4.18. The van der Waals surface area contributed by atoms with E-state index in [1.807, 2.05) is 31.3 Å². The van der Waals surface area contributed by atoms with E-state index in [2.05, 4.69) is 15.3 Å². The van der Waals surface area contributed by atoms with E-state index in [0.717, 1.165) is 22.2 Å². The van der Waals surface area contributed by atoms with Crippen LogP contribution in [0.2, 0.25) is 0 Å². The van der Waals surface area contributed by atoms with Crippen molar-refractivity contribution in [3.05, 3.63) is 59.7 Å². The first-order chi connectivity index (χ1) is 9.24. The minimum atomic E-state index is -0.233. The third kappa shape index (κ3) is 2.29. The summed E-state index contributed by atoms with van der Waals surface area (Å²) < 4.78 is 13.6. The molecular formula is C15H14FN3. The normalized spacial score (nSPS) is 10.8. The molecule has 0 atom stereocenters. The van der Waals surface area contributed by atoms with E-state index < -0.39 is 0 Å². The van der Waals surface area contributed by atoms with Gasteiger partial charge in [-0.1, -0.05) is 6.07 Å². The van der Waals surface area contributed by atoms with Gasteiger partial charge in [-0.05, 0) is 42.3 Å². The molecule has 2 aromatic heterocycles. The molecule has 0 amide bonds. The summed E-state index contributed by atoms with van der Waals surface area (Å²) in [6.07, 6.45) is 3.65. The molecule has 0 aliphatic heterocycles. The Bertz CT molecular complexity index is 718. The maximum absolute atomic E-state index is 13.6. The molecule has 0 saturated carbocycles. The van der Waals surface area contributed by atoms with Crippen LogP contribution in [0.25, 0.3) is 11.0 Å². The van der Waals surface area contributed by atoms with Gasteiger partial charge in [0.25, 0.3) is 0 Å². The van der Waals surface area contributed by atoms with E-state index in [1.54, 1.807) is 12.3 Å². The molecule has 3 aromatic rings. The molecule has 0 aliphatic rings. The number of nitrogens with zero attached hydrogens (tertiary/aromatic N) is 1. The molecular weight excluding hydrogens is 241 g/mol. The number of aromatic nitrogens is 2. The Labute approximate surface area is 110 Å². The summed E-state index contributed by atoms with van der Waals surface area (Å²) in [5.41, 5.74) is 3.48. The van der Waals surface area contributed by atoms with Gasteiger partial charge in [-0.2, -0.15) is 0 Å². The number of aryl methyl sites for hydroxylation is 1. The summed E-state index contributed by atoms with van der Waals surface area (Å²) in [7, 11) is 0. The van der Waals surface area contributed by atoms with Crippen LogP contribution in [0.5, 0.6) is 0 Å². The number of rotatable bonds is 3. The van der Waals surface area contributed by atoms with Gasteiger partial charge in [0.1, 0.15) is 11.5 Å². The number of hydrogen-bond donors (Lipinski definition) is 2. The number of pyridine rings is 1. The van der Waals surface area contributed by atoms with Crippen LogP contribution in [0.3, 0.4) is 0 Å². The Morgan fingerprint density at radius 2 is 2.21 bits per heavy atom. The van der Waals surface area contributed by atoms with Gasteiger partial charge in [0.2, 0.25) is 0 Å². The minimum Gasteiger partial charge on any atom is -0.379 e. The van der Waals surface area contributed by atoms with Crippen molar-refractivity contribution in [3.63, 3.8) is 0 Å². The second kappa shape index (κ2) is 4.72. The van der Waals surface area contributed by atoms with Crippen LogP contribution in [0, 0.1) is 12.7 Å². The lowest BCUT2D eigenvalue weighted by Gasteiger charge is -2.07. The first-order valence-corrected chi connectivity index (χ1v) is 6.15. The molecule has 1 aromatic carbocycles. The van der Waals surface area contributed by atoms with Gasteiger partial charge in [0.05, 0.1) is 5.69 Å².